The summed E-state index contributed by atoms with van der Waals surface area (Å²) in [5, 5.41) is 2.08. The monoisotopic (exact) mass is 387 g/mol. The van der Waals surface area contributed by atoms with Gasteiger partial charge >= 0.3 is 0 Å². The van der Waals surface area contributed by atoms with Crippen molar-refractivity contribution in [2.45, 2.75) is 41.2 Å². The second kappa shape index (κ2) is 7.50. The molecule has 0 saturated carbocycles. The van der Waals surface area contributed by atoms with Crippen molar-refractivity contribution in [1.29, 1.82) is 0 Å². The molecule has 146 valence electrons. The normalized spacial score (nSPS) is 15.3. The average Bonchev–Trinajstić information content (AvgIpc) is 3.23. The minimum absolute atomic E-state index is 0.0726. The molecule has 0 aromatic carbocycles. The molecule has 3 heterocycles. The summed E-state index contributed by atoms with van der Waals surface area (Å²) in [5.41, 5.74) is 2.52. The van der Waals surface area contributed by atoms with E-state index in [1.807, 2.05) is 43.6 Å². The van der Waals surface area contributed by atoms with Gasteiger partial charge in [-0.1, -0.05) is 26.8 Å². The van der Waals surface area contributed by atoms with Gasteiger partial charge in [-0.05, 0) is 31.4 Å². The van der Waals surface area contributed by atoms with E-state index in [0.29, 0.717) is 26.2 Å². The van der Waals surface area contributed by atoms with E-state index in [1.54, 1.807) is 11.3 Å². The van der Waals surface area contributed by atoms with E-state index in [0.717, 1.165) is 23.5 Å². The van der Waals surface area contributed by atoms with Crippen molar-refractivity contribution in [3.05, 3.63) is 45.4 Å². The van der Waals surface area contributed by atoms with Crippen LogP contribution in [0.5, 0.6) is 0 Å². The Bertz CT molecular complexity index is 822. The molecule has 2 amide bonds. The van der Waals surface area contributed by atoms with E-state index in [1.165, 1.54) is 4.88 Å². The van der Waals surface area contributed by atoms with Gasteiger partial charge < -0.3 is 14.4 Å². The Hall–Kier alpha value is -2.08. The fourth-order valence-corrected chi connectivity index (χ4v) is 4.27. The molecule has 3 rings (SSSR count). The van der Waals surface area contributed by atoms with Gasteiger partial charge in [-0.25, -0.2) is 0 Å². The van der Waals surface area contributed by atoms with Gasteiger partial charge in [-0.2, -0.15) is 0 Å². The lowest BCUT2D eigenvalue weighted by molar-refractivity contribution is -0.140. The van der Waals surface area contributed by atoms with Crippen molar-refractivity contribution in [1.82, 2.24) is 14.4 Å². The highest BCUT2D eigenvalue weighted by atomic mass is 32.1. The van der Waals surface area contributed by atoms with Crippen LogP contribution in [-0.2, 0) is 11.3 Å². The van der Waals surface area contributed by atoms with Gasteiger partial charge in [0.15, 0.2) is 0 Å². The molecule has 0 bridgehead atoms. The lowest BCUT2D eigenvalue weighted by atomic mass is 9.94. The number of aromatic nitrogens is 1. The van der Waals surface area contributed by atoms with Crippen LogP contribution < -0.4 is 0 Å². The third-order valence-electron chi connectivity index (χ3n) is 5.19. The summed E-state index contributed by atoms with van der Waals surface area (Å²) in [4.78, 5) is 30.6. The zero-order chi connectivity index (χ0) is 19.8. The standard InChI is InChI=1S/C21H29N3O2S/c1-15-13-18(16(2)24(15)14-17-7-6-12-27-17)19(25)22-8-10-23(11-9-22)20(26)21(3,4)5/h6-7,12-13H,8-11,14H2,1-5H3. The quantitative estimate of drug-likeness (QED) is 0.809. The number of thiophene rings is 1. The van der Waals surface area contributed by atoms with Crippen molar-refractivity contribution >= 4 is 23.2 Å². The zero-order valence-corrected chi connectivity index (χ0v) is 17.7. The Labute approximate surface area is 165 Å². The summed E-state index contributed by atoms with van der Waals surface area (Å²) in [6.45, 7) is 13.1. The van der Waals surface area contributed by atoms with Crippen LogP contribution in [0.25, 0.3) is 0 Å². The molecule has 0 radical (unpaired) electrons. The SMILES string of the molecule is Cc1cc(C(=O)N2CCN(C(=O)C(C)(C)C)CC2)c(C)n1Cc1cccs1. The molecule has 1 saturated heterocycles. The molecule has 0 N–H and O–H groups in total. The fraction of sp³-hybridized carbons (Fsp3) is 0.524. The zero-order valence-electron chi connectivity index (χ0n) is 16.9. The number of nitrogens with zero attached hydrogens (tertiary/aromatic N) is 3. The summed E-state index contributed by atoms with van der Waals surface area (Å²) in [6, 6.07) is 6.17. The first-order valence-corrected chi connectivity index (χ1v) is 10.3. The number of piperazine rings is 1. The Kier molecular flexibility index (Phi) is 5.47. The van der Waals surface area contributed by atoms with Gasteiger partial charge in [-0.15, -0.1) is 11.3 Å². The lowest BCUT2D eigenvalue weighted by Crippen LogP contribution is -2.53. The number of rotatable bonds is 3. The summed E-state index contributed by atoms with van der Waals surface area (Å²) >= 11 is 1.73. The summed E-state index contributed by atoms with van der Waals surface area (Å²) in [5.74, 6) is 0.229. The van der Waals surface area contributed by atoms with Crippen LogP contribution in [0.4, 0.5) is 0 Å². The number of hydrogen-bond acceptors (Lipinski definition) is 3. The first-order valence-electron chi connectivity index (χ1n) is 9.46. The van der Waals surface area contributed by atoms with E-state index in [-0.39, 0.29) is 17.2 Å². The Morgan fingerprint density at radius 3 is 2.26 bits per heavy atom. The molecule has 1 fully saturated rings. The molecular formula is C21H29N3O2S. The molecule has 0 unspecified atom stereocenters. The average molecular weight is 388 g/mol. The predicted molar refractivity (Wildman–Crippen MR) is 109 cm³/mol. The number of carbonyl (C=O) groups excluding carboxylic acids is 2. The van der Waals surface area contributed by atoms with E-state index in [2.05, 4.69) is 29.0 Å². The van der Waals surface area contributed by atoms with Gasteiger partial charge in [0, 0.05) is 47.9 Å². The van der Waals surface area contributed by atoms with Gasteiger partial charge in [0.2, 0.25) is 5.91 Å². The Morgan fingerprint density at radius 1 is 1.07 bits per heavy atom. The van der Waals surface area contributed by atoms with Crippen LogP contribution in [0.2, 0.25) is 0 Å². The highest BCUT2D eigenvalue weighted by Gasteiger charge is 2.31. The highest BCUT2D eigenvalue weighted by Crippen LogP contribution is 2.22. The number of carbonyl (C=O) groups is 2. The third-order valence-corrected chi connectivity index (χ3v) is 6.05. The minimum Gasteiger partial charge on any atom is -0.343 e. The molecule has 5 nitrogen and oxygen atoms in total. The topological polar surface area (TPSA) is 45.6 Å². The maximum Gasteiger partial charge on any atom is 0.255 e. The van der Waals surface area contributed by atoms with Crippen molar-refractivity contribution in [2.24, 2.45) is 5.41 Å². The van der Waals surface area contributed by atoms with Gasteiger partial charge in [-0.3, -0.25) is 9.59 Å². The van der Waals surface area contributed by atoms with E-state index in [4.69, 9.17) is 0 Å². The highest BCUT2D eigenvalue weighted by molar-refractivity contribution is 7.09. The smallest absolute Gasteiger partial charge is 0.255 e. The Morgan fingerprint density at radius 2 is 1.70 bits per heavy atom. The van der Waals surface area contributed by atoms with Crippen molar-refractivity contribution in [3.63, 3.8) is 0 Å². The maximum atomic E-state index is 13.1. The first kappa shape index (κ1) is 19.7. The molecule has 2 aromatic heterocycles. The molecule has 27 heavy (non-hydrogen) atoms. The fourth-order valence-electron chi connectivity index (χ4n) is 3.58. The molecule has 0 aliphatic carbocycles. The van der Waals surface area contributed by atoms with Crippen molar-refractivity contribution in [2.75, 3.05) is 26.2 Å². The van der Waals surface area contributed by atoms with E-state index in [9.17, 15) is 9.59 Å². The van der Waals surface area contributed by atoms with Crippen molar-refractivity contribution < 1.29 is 9.59 Å². The minimum atomic E-state index is -0.376. The van der Waals surface area contributed by atoms with Crippen LogP contribution in [0, 0.1) is 19.3 Å². The lowest BCUT2D eigenvalue weighted by Gasteiger charge is -2.37. The number of aryl methyl sites for hydroxylation is 1. The number of amides is 2. The summed E-state index contributed by atoms with van der Waals surface area (Å²) in [6.07, 6.45) is 0. The van der Waals surface area contributed by atoms with Crippen LogP contribution in [0.3, 0.4) is 0 Å². The molecular weight excluding hydrogens is 358 g/mol. The molecule has 2 aromatic rings. The third kappa shape index (κ3) is 4.10. The largest absolute Gasteiger partial charge is 0.343 e. The first-order chi connectivity index (χ1) is 12.7. The second-order valence-corrected chi connectivity index (χ2v) is 9.32. The van der Waals surface area contributed by atoms with Gasteiger partial charge in [0.1, 0.15) is 0 Å². The summed E-state index contributed by atoms with van der Waals surface area (Å²) in [7, 11) is 0. The molecule has 6 heteroatoms. The van der Waals surface area contributed by atoms with Gasteiger partial charge in [0.05, 0.1) is 12.1 Å². The maximum absolute atomic E-state index is 13.1. The van der Waals surface area contributed by atoms with E-state index >= 15 is 0 Å². The molecule has 1 aliphatic rings. The van der Waals surface area contributed by atoms with Crippen LogP contribution in [-0.4, -0.2) is 52.4 Å². The predicted octanol–water partition coefficient (Wildman–Crippen LogP) is 3.55. The Balaban J connectivity index is 1.69. The second-order valence-electron chi connectivity index (χ2n) is 8.28. The van der Waals surface area contributed by atoms with Crippen LogP contribution in [0.1, 0.15) is 47.4 Å². The van der Waals surface area contributed by atoms with Crippen LogP contribution >= 0.6 is 11.3 Å². The van der Waals surface area contributed by atoms with Crippen LogP contribution in [0.15, 0.2) is 23.6 Å². The van der Waals surface area contributed by atoms with Gasteiger partial charge in [0.25, 0.3) is 5.91 Å². The molecule has 1 aliphatic heterocycles. The molecule has 0 atom stereocenters. The molecule has 0 spiro atoms. The van der Waals surface area contributed by atoms with E-state index < -0.39 is 0 Å². The summed E-state index contributed by atoms with van der Waals surface area (Å²) < 4.78 is 2.21. The van der Waals surface area contributed by atoms with Crippen molar-refractivity contribution in [3.8, 4) is 0 Å². The number of hydrogen-bond donors (Lipinski definition) is 0.